The fourth-order valence-electron chi connectivity index (χ4n) is 4.31. The molecule has 4 rings (SSSR count). The molecule has 2 heterocycles. The summed E-state index contributed by atoms with van der Waals surface area (Å²) < 4.78 is 16.9. The van der Waals surface area contributed by atoms with Crippen molar-refractivity contribution >= 4 is 17.4 Å². The Balaban J connectivity index is 1.68. The number of hydrogen-bond acceptors (Lipinski definition) is 6. The number of nitrogens with zero attached hydrogens (tertiary/aromatic N) is 1. The Hall–Kier alpha value is -4.00. The highest BCUT2D eigenvalue weighted by Crippen LogP contribution is 2.41. The van der Waals surface area contributed by atoms with Crippen LogP contribution in [0.1, 0.15) is 54.9 Å². The van der Waals surface area contributed by atoms with Crippen LogP contribution >= 0.6 is 0 Å². The first-order valence-corrected chi connectivity index (χ1v) is 12.1. The summed E-state index contributed by atoms with van der Waals surface area (Å²) in [5.74, 6) is 0.668. The summed E-state index contributed by atoms with van der Waals surface area (Å²) in [7, 11) is 1.57. The monoisotopic (exact) mass is 489 g/mol. The van der Waals surface area contributed by atoms with E-state index in [-0.39, 0.29) is 17.9 Å². The van der Waals surface area contributed by atoms with Gasteiger partial charge in [0.05, 0.1) is 19.3 Å². The van der Waals surface area contributed by atoms with Gasteiger partial charge in [-0.3, -0.25) is 9.59 Å². The van der Waals surface area contributed by atoms with Crippen LogP contribution in [-0.2, 0) is 16.1 Å². The molecule has 0 radical (unpaired) electrons. The zero-order chi connectivity index (χ0) is 25.7. The molecular weight excluding hydrogens is 458 g/mol. The standard InChI is InChI=1S/C29H31NO6/c1-4-5-6-16-35-22-13-11-21(12-14-22)27(31)25-26(24-15-10-19(2)36-24)30(29(33)28(25)32)18-20-8-7-9-23(17-20)34-3/h7-15,17,26,31H,4-6,16,18H2,1-3H3/b27-25-. The predicted molar refractivity (Wildman–Crippen MR) is 136 cm³/mol. The van der Waals surface area contributed by atoms with Gasteiger partial charge in [0.25, 0.3) is 11.7 Å². The first kappa shape index (κ1) is 25.1. The second-order valence-corrected chi connectivity index (χ2v) is 8.81. The molecule has 1 unspecified atom stereocenters. The normalized spacial score (nSPS) is 17.0. The molecule has 1 aliphatic rings. The molecule has 0 spiro atoms. The first-order chi connectivity index (χ1) is 17.4. The Morgan fingerprint density at radius 3 is 2.47 bits per heavy atom. The summed E-state index contributed by atoms with van der Waals surface area (Å²) >= 11 is 0. The topological polar surface area (TPSA) is 89.2 Å². The second-order valence-electron chi connectivity index (χ2n) is 8.81. The SMILES string of the molecule is CCCCCOc1ccc(/C(O)=C2/C(=O)C(=O)N(Cc3cccc(OC)c3)C2c2ccc(C)o2)cc1. The van der Waals surface area contributed by atoms with Crippen molar-refractivity contribution in [2.24, 2.45) is 0 Å². The zero-order valence-electron chi connectivity index (χ0n) is 20.8. The number of rotatable bonds is 10. The van der Waals surface area contributed by atoms with Gasteiger partial charge in [0, 0.05) is 12.1 Å². The number of amides is 1. The Labute approximate surface area is 210 Å². The highest BCUT2D eigenvalue weighted by Gasteiger charge is 2.47. The van der Waals surface area contributed by atoms with E-state index in [9.17, 15) is 14.7 Å². The average molecular weight is 490 g/mol. The van der Waals surface area contributed by atoms with Crippen molar-refractivity contribution in [3.63, 3.8) is 0 Å². The number of carbonyl (C=O) groups is 2. The van der Waals surface area contributed by atoms with Crippen molar-refractivity contribution in [3.05, 3.63) is 88.9 Å². The molecular formula is C29H31NO6. The lowest BCUT2D eigenvalue weighted by atomic mass is 9.99. The van der Waals surface area contributed by atoms with E-state index in [4.69, 9.17) is 13.9 Å². The molecule has 1 saturated heterocycles. The van der Waals surface area contributed by atoms with Crippen LogP contribution in [0.5, 0.6) is 11.5 Å². The van der Waals surface area contributed by atoms with E-state index in [1.54, 1.807) is 50.4 Å². The average Bonchev–Trinajstić information content (AvgIpc) is 3.43. The summed E-state index contributed by atoms with van der Waals surface area (Å²) in [6.45, 7) is 4.69. The molecule has 1 amide bonds. The van der Waals surface area contributed by atoms with E-state index in [0.717, 1.165) is 24.8 Å². The van der Waals surface area contributed by atoms with Crippen LogP contribution in [0.4, 0.5) is 0 Å². The minimum absolute atomic E-state index is 0.00568. The molecule has 1 aromatic heterocycles. The number of likely N-dealkylation sites (tertiary alicyclic amines) is 1. The third kappa shape index (κ3) is 5.30. The number of methoxy groups -OCH3 is 1. The maximum atomic E-state index is 13.2. The number of aryl methyl sites for hydroxylation is 1. The van der Waals surface area contributed by atoms with E-state index >= 15 is 0 Å². The van der Waals surface area contributed by atoms with Crippen LogP contribution in [0.3, 0.4) is 0 Å². The number of hydrogen-bond donors (Lipinski definition) is 1. The third-order valence-corrected chi connectivity index (χ3v) is 6.20. The molecule has 0 saturated carbocycles. The highest BCUT2D eigenvalue weighted by atomic mass is 16.5. The van der Waals surface area contributed by atoms with Crippen molar-refractivity contribution in [2.45, 2.75) is 45.7 Å². The third-order valence-electron chi connectivity index (χ3n) is 6.20. The zero-order valence-corrected chi connectivity index (χ0v) is 20.8. The molecule has 7 heteroatoms. The lowest BCUT2D eigenvalue weighted by molar-refractivity contribution is -0.140. The Bertz CT molecular complexity index is 1260. The largest absolute Gasteiger partial charge is 0.507 e. The molecule has 1 atom stereocenters. The van der Waals surface area contributed by atoms with E-state index in [1.807, 2.05) is 24.3 Å². The van der Waals surface area contributed by atoms with Gasteiger partial charge in [-0.05, 0) is 67.4 Å². The van der Waals surface area contributed by atoms with E-state index in [0.29, 0.717) is 35.2 Å². The lowest BCUT2D eigenvalue weighted by Crippen LogP contribution is -2.29. The van der Waals surface area contributed by atoms with Crippen molar-refractivity contribution in [3.8, 4) is 11.5 Å². The van der Waals surface area contributed by atoms with Crippen LogP contribution in [0, 0.1) is 6.92 Å². The van der Waals surface area contributed by atoms with Gasteiger partial charge >= 0.3 is 0 Å². The number of benzene rings is 2. The Kier molecular flexibility index (Phi) is 7.78. The van der Waals surface area contributed by atoms with Crippen molar-refractivity contribution in [2.75, 3.05) is 13.7 Å². The molecule has 188 valence electrons. The number of carbonyl (C=O) groups excluding carboxylic acids is 2. The van der Waals surface area contributed by atoms with E-state index in [1.165, 1.54) is 4.90 Å². The fourth-order valence-corrected chi connectivity index (χ4v) is 4.31. The molecule has 1 N–H and O–H groups in total. The van der Waals surface area contributed by atoms with Gasteiger partial charge in [0.2, 0.25) is 0 Å². The van der Waals surface area contributed by atoms with Crippen LogP contribution < -0.4 is 9.47 Å². The summed E-state index contributed by atoms with van der Waals surface area (Å²) in [6.07, 6.45) is 3.18. The molecule has 36 heavy (non-hydrogen) atoms. The van der Waals surface area contributed by atoms with Crippen molar-refractivity contribution < 1.29 is 28.6 Å². The predicted octanol–water partition coefficient (Wildman–Crippen LogP) is 5.79. The van der Waals surface area contributed by atoms with E-state index < -0.39 is 17.7 Å². The van der Waals surface area contributed by atoms with Gasteiger partial charge in [-0.25, -0.2) is 0 Å². The van der Waals surface area contributed by atoms with Gasteiger partial charge in [-0.15, -0.1) is 0 Å². The Morgan fingerprint density at radius 2 is 1.81 bits per heavy atom. The summed E-state index contributed by atoms with van der Waals surface area (Å²) in [4.78, 5) is 27.8. The number of ketones is 1. The van der Waals surface area contributed by atoms with Gasteiger partial charge in [0.1, 0.15) is 34.8 Å². The summed E-state index contributed by atoms with van der Waals surface area (Å²) in [5.41, 5.74) is 1.20. The molecule has 2 aromatic carbocycles. The minimum atomic E-state index is -0.866. The summed E-state index contributed by atoms with van der Waals surface area (Å²) in [5, 5.41) is 11.2. The maximum absolute atomic E-state index is 13.2. The van der Waals surface area contributed by atoms with Gasteiger partial charge < -0.3 is 23.9 Å². The van der Waals surface area contributed by atoms with Crippen LogP contribution in [0.15, 0.2) is 70.7 Å². The van der Waals surface area contributed by atoms with Crippen LogP contribution in [-0.4, -0.2) is 35.4 Å². The summed E-state index contributed by atoms with van der Waals surface area (Å²) in [6, 6.07) is 16.8. The quantitative estimate of drug-likeness (QED) is 0.168. The number of ether oxygens (including phenoxy) is 2. The van der Waals surface area contributed by atoms with Gasteiger partial charge in [-0.2, -0.15) is 0 Å². The molecule has 3 aromatic rings. The van der Waals surface area contributed by atoms with Crippen LogP contribution in [0.2, 0.25) is 0 Å². The van der Waals surface area contributed by atoms with Crippen LogP contribution in [0.25, 0.3) is 5.76 Å². The van der Waals surface area contributed by atoms with Gasteiger partial charge in [-0.1, -0.05) is 31.9 Å². The van der Waals surface area contributed by atoms with E-state index in [2.05, 4.69) is 6.92 Å². The second kappa shape index (κ2) is 11.2. The Morgan fingerprint density at radius 1 is 1.03 bits per heavy atom. The maximum Gasteiger partial charge on any atom is 0.296 e. The highest BCUT2D eigenvalue weighted by molar-refractivity contribution is 6.46. The van der Waals surface area contributed by atoms with Crippen molar-refractivity contribution in [1.82, 2.24) is 4.90 Å². The molecule has 0 bridgehead atoms. The number of unbranched alkanes of at least 4 members (excludes halogenated alkanes) is 2. The number of furan rings is 1. The number of Topliss-reactive ketones (excluding diaryl/α,β-unsaturated/α-hetero) is 1. The van der Waals surface area contributed by atoms with Gasteiger partial charge in [0.15, 0.2) is 0 Å². The number of aliphatic hydroxyl groups is 1. The fraction of sp³-hybridized carbons (Fsp3) is 0.310. The molecule has 0 aliphatic carbocycles. The molecule has 7 nitrogen and oxygen atoms in total. The minimum Gasteiger partial charge on any atom is -0.507 e. The lowest BCUT2D eigenvalue weighted by Gasteiger charge is -2.23. The number of aliphatic hydroxyl groups excluding tert-OH is 1. The van der Waals surface area contributed by atoms with Crippen molar-refractivity contribution in [1.29, 1.82) is 0 Å². The first-order valence-electron chi connectivity index (χ1n) is 12.1. The molecule has 1 fully saturated rings. The smallest absolute Gasteiger partial charge is 0.296 e. The molecule has 1 aliphatic heterocycles.